The molecule has 1 spiro atoms. The lowest BCUT2D eigenvalue weighted by molar-refractivity contribution is -0.175. The van der Waals surface area contributed by atoms with Gasteiger partial charge in [-0.1, -0.05) is 18.2 Å². The predicted molar refractivity (Wildman–Crippen MR) is 69.2 cm³/mol. The molecule has 1 atom stereocenters. The lowest BCUT2D eigenvalue weighted by Crippen LogP contribution is -2.37. The average molecular weight is 250 g/mol. The molecule has 1 aromatic carbocycles. The standard InChI is InChI=1S/C14H18O2S/c1-2-5-12(6-3-1)17-13-7-4-8-14(11-13)15-9-10-16-14/h1-3,5-6,13H,4,7-11H2/t13-/m0/s1. The summed E-state index contributed by atoms with van der Waals surface area (Å²) in [6, 6.07) is 10.6. The lowest BCUT2D eigenvalue weighted by atomic mass is 9.94. The third kappa shape index (κ3) is 2.67. The molecule has 2 nitrogen and oxygen atoms in total. The van der Waals surface area contributed by atoms with Gasteiger partial charge in [0.1, 0.15) is 0 Å². The van der Waals surface area contributed by atoms with Crippen LogP contribution in [-0.4, -0.2) is 24.3 Å². The molecule has 92 valence electrons. The molecule has 0 aromatic heterocycles. The van der Waals surface area contributed by atoms with Gasteiger partial charge in [-0.3, -0.25) is 0 Å². The SMILES string of the molecule is c1ccc(S[C@H]2CCCC3(C2)OCCO3)cc1. The van der Waals surface area contributed by atoms with E-state index in [1.807, 2.05) is 11.8 Å². The van der Waals surface area contributed by atoms with Gasteiger partial charge in [-0.25, -0.2) is 0 Å². The molecular formula is C14H18O2S. The molecule has 1 heterocycles. The average Bonchev–Trinajstić information content (AvgIpc) is 2.79. The number of thioether (sulfide) groups is 1. The molecule has 2 fully saturated rings. The molecule has 0 unspecified atom stereocenters. The van der Waals surface area contributed by atoms with E-state index < -0.39 is 0 Å². The van der Waals surface area contributed by atoms with Crippen LogP contribution in [0.4, 0.5) is 0 Å². The zero-order chi connectivity index (χ0) is 11.6. The van der Waals surface area contributed by atoms with Crippen molar-refractivity contribution in [2.75, 3.05) is 13.2 Å². The Morgan fingerprint density at radius 2 is 1.88 bits per heavy atom. The second-order valence-corrected chi connectivity index (χ2v) is 6.13. The molecule has 1 saturated heterocycles. The second kappa shape index (κ2) is 5.01. The first-order chi connectivity index (χ1) is 8.36. The van der Waals surface area contributed by atoms with E-state index in [0.29, 0.717) is 5.25 Å². The highest BCUT2D eigenvalue weighted by Gasteiger charge is 2.41. The van der Waals surface area contributed by atoms with E-state index in [0.717, 1.165) is 26.1 Å². The fourth-order valence-electron chi connectivity index (χ4n) is 2.70. The zero-order valence-corrected chi connectivity index (χ0v) is 10.7. The largest absolute Gasteiger partial charge is 0.347 e. The normalized spacial score (nSPS) is 27.4. The van der Waals surface area contributed by atoms with Crippen molar-refractivity contribution in [3.05, 3.63) is 30.3 Å². The molecule has 1 saturated carbocycles. The first kappa shape index (κ1) is 11.6. The molecule has 0 N–H and O–H groups in total. The van der Waals surface area contributed by atoms with Crippen molar-refractivity contribution in [1.82, 2.24) is 0 Å². The third-order valence-corrected chi connectivity index (χ3v) is 4.76. The van der Waals surface area contributed by atoms with Gasteiger partial charge in [-0.05, 0) is 25.0 Å². The van der Waals surface area contributed by atoms with Crippen molar-refractivity contribution in [1.29, 1.82) is 0 Å². The smallest absolute Gasteiger partial charge is 0.169 e. The Labute approximate surface area is 107 Å². The maximum atomic E-state index is 5.81. The van der Waals surface area contributed by atoms with Crippen LogP contribution in [0.15, 0.2) is 35.2 Å². The Kier molecular flexibility index (Phi) is 3.41. The summed E-state index contributed by atoms with van der Waals surface area (Å²) in [4.78, 5) is 1.35. The predicted octanol–water partition coefficient (Wildman–Crippen LogP) is 3.46. The van der Waals surface area contributed by atoms with Crippen molar-refractivity contribution in [2.24, 2.45) is 0 Å². The highest BCUT2D eigenvalue weighted by atomic mass is 32.2. The van der Waals surface area contributed by atoms with E-state index >= 15 is 0 Å². The van der Waals surface area contributed by atoms with Crippen LogP contribution < -0.4 is 0 Å². The van der Waals surface area contributed by atoms with Crippen LogP contribution >= 0.6 is 11.8 Å². The van der Waals surface area contributed by atoms with Crippen LogP contribution in [0.3, 0.4) is 0 Å². The van der Waals surface area contributed by atoms with Crippen molar-refractivity contribution >= 4 is 11.8 Å². The van der Waals surface area contributed by atoms with Crippen molar-refractivity contribution in [2.45, 2.75) is 41.6 Å². The van der Waals surface area contributed by atoms with Gasteiger partial charge in [0.15, 0.2) is 5.79 Å². The van der Waals surface area contributed by atoms with E-state index in [1.165, 1.54) is 17.7 Å². The minimum atomic E-state index is -0.245. The highest BCUT2D eigenvalue weighted by molar-refractivity contribution is 8.00. The van der Waals surface area contributed by atoms with Crippen molar-refractivity contribution in [3.63, 3.8) is 0 Å². The van der Waals surface area contributed by atoms with Gasteiger partial charge in [-0.15, -0.1) is 11.8 Å². The molecule has 1 aliphatic heterocycles. The summed E-state index contributed by atoms with van der Waals surface area (Å²) >= 11 is 1.97. The van der Waals surface area contributed by atoms with Crippen LogP contribution in [0.5, 0.6) is 0 Å². The number of benzene rings is 1. The molecule has 0 radical (unpaired) electrons. The highest BCUT2D eigenvalue weighted by Crippen LogP contribution is 2.42. The summed E-state index contributed by atoms with van der Waals surface area (Å²) < 4.78 is 11.6. The fraction of sp³-hybridized carbons (Fsp3) is 0.571. The van der Waals surface area contributed by atoms with Crippen LogP contribution in [0.1, 0.15) is 25.7 Å². The monoisotopic (exact) mass is 250 g/mol. The van der Waals surface area contributed by atoms with Gasteiger partial charge in [0.25, 0.3) is 0 Å². The first-order valence-corrected chi connectivity index (χ1v) is 7.24. The molecular weight excluding hydrogens is 232 g/mol. The molecule has 17 heavy (non-hydrogen) atoms. The van der Waals surface area contributed by atoms with Gasteiger partial charge in [-0.2, -0.15) is 0 Å². The summed E-state index contributed by atoms with van der Waals surface area (Å²) in [5.74, 6) is -0.245. The fourth-order valence-corrected chi connectivity index (χ4v) is 4.02. The molecule has 3 rings (SSSR count). The maximum absolute atomic E-state index is 5.81. The molecule has 1 aliphatic carbocycles. The van der Waals surface area contributed by atoms with Gasteiger partial charge >= 0.3 is 0 Å². The van der Waals surface area contributed by atoms with E-state index in [2.05, 4.69) is 30.3 Å². The summed E-state index contributed by atoms with van der Waals surface area (Å²) in [5, 5.41) is 0.629. The Morgan fingerprint density at radius 1 is 1.12 bits per heavy atom. The Morgan fingerprint density at radius 3 is 2.65 bits per heavy atom. The van der Waals surface area contributed by atoms with Gasteiger partial charge < -0.3 is 9.47 Å². The Balaban J connectivity index is 1.64. The van der Waals surface area contributed by atoms with Crippen LogP contribution in [-0.2, 0) is 9.47 Å². The van der Waals surface area contributed by atoms with Crippen molar-refractivity contribution < 1.29 is 9.47 Å². The maximum Gasteiger partial charge on any atom is 0.169 e. The van der Waals surface area contributed by atoms with Crippen LogP contribution in [0.25, 0.3) is 0 Å². The van der Waals surface area contributed by atoms with E-state index in [-0.39, 0.29) is 5.79 Å². The summed E-state index contributed by atoms with van der Waals surface area (Å²) in [5.41, 5.74) is 0. The quantitative estimate of drug-likeness (QED) is 0.801. The minimum absolute atomic E-state index is 0.245. The van der Waals surface area contributed by atoms with E-state index in [4.69, 9.17) is 9.47 Å². The molecule has 0 bridgehead atoms. The molecule has 3 heteroatoms. The lowest BCUT2D eigenvalue weighted by Gasteiger charge is -2.35. The molecule has 0 amide bonds. The number of hydrogen-bond donors (Lipinski definition) is 0. The molecule has 2 aliphatic rings. The van der Waals surface area contributed by atoms with Crippen LogP contribution in [0.2, 0.25) is 0 Å². The van der Waals surface area contributed by atoms with E-state index in [1.54, 1.807) is 0 Å². The summed E-state index contributed by atoms with van der Waals surface area (Å²) in [6.07, 6.45) is 4.59. The van der Waals surface area contributed by atoms with Crippen molar-refractivity contribution in [3.8, 4) is 0 Å². The van der Waals surface area contributed by atoms with Gasteiger partial charge in [0, 0.05) is 23.0 Å². The summed E-state index contributed by atoms with van der Waals surface area (Å²) in [7, 11) is 0. The van der Waals surface area contributed by atoms with Gasteiger partial charge in [0.05, 0.1) is 13.2 Å². The molecule has 1 aromatic rings. The summed E-state index contributed by atoms with van der Waals surface area (Å²) in [6.45, 7) is 1.53. The number of hydrogen-bond acceptors (Lipinski definition) is 3. The minimum Gasteiger partial charge on any atom is -0.347 e. The third-order valence-electron chi connectivity index (χ3n) is 3.48. The Bertz CT molecular complexity index is 360. The Hall–Kier alpha value is -0.510. The number of rotatable bonds is 2. The van der Waals surface area contributed by atoms with Gasteiger partial charge in [0.2, 0.25) is 0 Å². The number of ether oxygens (including phenoxy) is 2. The zero-order valence-electron chi connectivity index (χ0n) is 9.93. The van der Waals surface area contributed by atoms with E-state index in [9.17, 15) is 0 Å². The second-order valence-electron chi connectivity index (χ2n) is 4.76. The van der Waals surface area contributed by atoms with Crippen LogP contribution in [0, 0.1) is 0 Å². The topological polar surface area (TPSA) is 18.5 Å². The first-order valence-electron chi connectivity index (χ1n) is 6.36.